The Morgan fingerprint density at radius 1 is 1.24 bits per heavy atom. The zero-order chi connectivity index (χ0) is 14.9. The van der Waals surface area contributed by atoms with Gasteiger partial charge in [0.15, 0.2) is 0 Å². The Balaban J connectivity index is 1.80. The molecule has 1 fully saturated rings. The van der Waals surface area contributed by atoms with E-state index in [2.05, 4.69) is 47.5 Å². The molecule has 0 aromatic heterocycles. The van der Waals surface area contributed by atoms with Gasteiger partial charge < -0.3 is 14.8 Å². The topological polar surface area (TPSA) is 33.7 Å². The normalized spacial score (nSPS) is 19.3. The van der Waals surface area contributed by atoms with Gasteiger partial charge in [0.2, 0.25) is 0 Å². The molecule has 0 radical (unpaired) electrons. The molecule has 1 aromatic rings. The van der Waals surface area contributed by atoms with Crippen molar-refractivity contribution in [1.29, 1.82) is 0 Å². The van der Waals surface area contributed by atoms with Crippen LogP contribution in [0.1, 0.15) is 12.5 Å². The van der Waals surface area contributed by atoms with Crippen LogP contribution in [-0.4, -0.2) is 63.5 Å². The Morgan fingerprint density at radius 2 is 1.95 bits per heavy atom. The maximum absolute atomic E-state index is 5.40. The summed E-state index contributed by atoms with van der Waals surface area (Å²) in [6.45, 7) is 7.86. The number of morpholine rings is 1. The zero-order valence-electron chi connectivity index (χ0n) is 13.3. The van der Waals surface area contributed by atoms with Crippen LogP contribution in [0.15, 0.2) is 30.3 Å². The molecule has 4 nitrogen and oxygen atoms in total. The fourth-order valence-corrected chi connectivity index (χ4v) is 2.89. The highest BCUT2D eigenvalue weighted by atomic mass is 16.5. The SMILES string of the molecule is COC[C@H](Cc1ccccc1)N[C@H](C)CN1CCOCC1. The maximum Gasteiger partial charge on any atom is 0.0619 e. The molecule has 1 N–H and O–H groups in total. The summed E-state index contributed by atoms with van der Waals surface area (Å²) in [5, 5.41) is 3.71. The van der Waals surface area contributed by atoms with Crippen molar-refractivity contribution in [3.63, 3.8) is 0 Å². The van der Waals surface area contributed by atoms with Crippen molar-refractivity contribution in [2.75, 3.05) is 46.6 Å². The third-order valence-corrected chi connectivity index (χ3v) is 3.85. The third kappa shape index (κ3) is 6.14. The van der Waals surface area contributed by atoms with E-state index in [1.807, 2.05) is 0 Å². The summed E-state index contributed by atoms with van der Waals surface area (Å²) in [5.41, 5.74) is 1.35. The fraction of sp³-hybridized carbons (Fsp3) is 0.647. The molecule has 0 spiro atoms. The van der Waals surface area contributed by atoms with Crippen LogP contribution in [0, 0.1) is 0 Å². The lowest BCUT2D eigenvalue weighted by Gasteiger charge is -2.31. The quantitative estimate of drug-likeness (QED) is 0.788. The Labute approximate surface area is 128 Å². The van der Waals surface area contributed by atoms with Crippen LogP contribution in [-0.2, 0) is 15.9 Å². The fourth-order valence-electron chi connectivity index (χ4n) is 2.89. The summed E-state index contributed by atoms with van der Waals surface area (Å²) in [5.74, 6) is 0. The van der Waals surface area contributed by atoms with Crippen LogP contribution < -0.4 is 5.32 Å². The monoisotopic (exact) mass is 292 g/mol. The van der Waals surface area contributed by atoms with Gasteiger partial charge in [0.05, 0.1) is 19.8 Å². The van der Waals surface area contributed by atoms with Gasteiger partial charge in [-0.1, -0.05) is 30.3 Å². The lowest BCUT2D eigenvalue weighted by atomic mass is 10.1. The largest absolute Gasteiger partial charge is 0.383 e. The first kappa shape index (κ1) is 16.4. The molecule has 1 saturated heterocycles. The highest BCUT2D eigenvalue weighted by Gasteiger charge is 2.17. The van der Waals surface area contributed by atoms with E-state index in [9.17, 15) is 0 Å². The summed E-state index contributed by atoms with van der Waals surface area (Å²) >= 11 is 0. The molecule has 0 saturated carbocycles. The summed E-state index contributed by atoms with van der Waals surface area (Å²) in [7, 11) is 1.77. The molecule has 0 amide bonds. The molecule has 1 aliphatic rings. The molecule has 0 unspecified atom stereocenters. The lowest BCUT2D eigenvalue weighted by Crippen LogP contribution is -2.48. The van der Waals surface area contributed by atoms with Crippen molar-refractivity contribution < 1.29 is 9.47 Å². The van der Waals surface area contributed by atoms with Crippen LogP contribution in [0.4, 0.5) is 0 Å². The second-order valence-corrected chi connectivity index (χ2v) is 5.82. The summed E-state index contributed by atoms with van der Waals surface area (Å²) < 4.78 is 10.8. The van der Waals surface area contributed by atoms with Crippen molar-refractivity contribution in [1.82, 2.24) is 10.2 Å². The van der Waals surface area contributed by atoms with Gasteiger partial charge in [0.1, 0.15) is 0 Å². The van der Waals surface area contributed by atoms with Gasteiger partial charge >= 0.3 is 0 Å². The smallest absolute Gasteiger partial charge is 0.0619 e. The van der Waals surface area contributed by atoms with Crippen molar-refractivity contribution >= 4 is 0 Å². The summed E-state index contributed by atoms with van der Waals surface area (Å²) in [6, 6.07) is 11.4. The highest BCUT2D eigenvalue weighted by molar-refractivity contribution is 5.16. The zero-order valence-corrected chi connectivity index (χ0v) is 13.3. The van der Waals surface area contributed by atoms with Crippen LogP contribution in [0.2, 0.25) is 0 Å². The number of rotatable bonds is 8. The summed E-state index contributed by atoms with van der Waals surface area (Å²) in [4.78, 5) is 2.47. The molecule has 2 atom stereocenters. The predicted molar refractivity (Wildman–Crippen MR) is 85.7 cm³/mol. The average Bonchev–Trinajstić information content (AvgIpc) is 2.49. The van der Waals surface area contributed by atoms with Gasteiger partial charge in [-0.25, -0.2) is 0 Å². The summed E-state index contributed by atoms with van der Waals surface area (Å²) in [6.07, 6.45) is 1.00. The first-order valence-electron chi connectivity index (χ1n) is 7.87. The minimum absolute atomic E-state index is 0.355. The molecule has 2 rings (SSSR count). The van der Waals surface area contributed by atoms with Crippen LogP contribution in [0.5, 0.6) is 0 Å². The van der Waals surface area contributed by atoms with Crippen LogP contribution in [0.3, 0.4) is 0 Å². The van der Waals surface area contributed by atoms with E-state index in [1.54, 1.807) is 7.11 Å². The van der Waals surface area contributed by atoms with Crippen molar-refractivity contribution in [2.24, 2.45) is 0 Å². The van der Waals surface area contributed by atoms with Gasteiger partial charge in [0, 0.05) is 38.8 Å². The second kappa shape index (κ2) is 9.15. The van der Waals surface area contributed by atoms with E-state index >= 15 is 0 Å². The van der Waals surface area contributed by atoms with E-state index in [4.69, 9.17) is 9.47 Å². The first-order valence-corrected chi connectivity index (χ1v) is 7.87. The van der Waals surface area contributed by atoms with E-state index in [-0.39, 0.29) is 0 Å². The molecule has 4 heteroatoms. The van der Waals surface area contributed by atoms with Gasteiger partial charge in [-0.05, 0) is 18.9 Å². The van der Waals surface area contributed by atoms with E-state index < -0.39 is 0 Å². The molecule has 0 bridgehead atoms. The number of methoxy groups -OCH3 is 1. The van der Waals surface area contributed by atoms with Crippen molar-refractivity contribution in [2.45, 2.75) is 25.4 Å². The number of nitrogens with one attached hydrogen (secondary N) is 1. The molecular formula is C17H28N2O2. The number of benzene rings is 1. The minimum Gasteiger partial charge on any atom is -0.383 e. The number of ether oxygens (including phenoxy) is 2. The standard InChI is InChI=1S/C17H28N2O2/c1-15(13-19-8-10-21-11-9-19)18-17(14-20-2)12-16-6-4-3-5-7-16/h3-7,15,17-18H,8-14H2,1-2H3/t15-,17+/m1/s1. The average molecular weight is 292 g/mol. The molecule has 0 aliphatic carbocycles. The Hall–Kier alpha value is -0.940. The van der Waals surface area contributed by atoms with Crippen molar-refractivity contribution in [3.8, 4) is 0 Å². The number of nitrogens with zero attached hydrogens (tertiary/aromatic N) is 1. The van der Waals surface area contributed by atoms with Gasteiger partial charge in [-0.3, -0.25) is 4.90 Å². The minimum atomic E-state index is 0.355. The third-order valence-electron chi connectivity index (χ3n) is 3.85. The molecule has 118 valence electrons. The molecular weight excluding hydrogens is 264 g/mol. The molecule has 21 heavy (non-hydrogen) atoms. The van der Waals surface area contributed by atoms with Gasteiger partial charge in [-0.15, -0.1) is 0 Å². The number of hydrogen-bond acceptors (Lipinski definition) is 4. The molecule has 1 aliphatic heterocycles. The maximum atomic E-state index is 5.40. The molecule has 1 aromatic carbocycles. The van der Waals surface area contributed by atoms with E-state index in [0.717, 1.165) is 45.9 Å². The first-order chi connectivity index (χ1) is 10.3. The predicted octanol–water partition coefficient (Wildman–Crippen LogP) is 1.55. The lowest BCUT2D eigenvalue weighted by molar-refractivity contribution is 0.0330. The van der Waals surface area contributed by atoms with E-state index in [1.165, 1.54) is 5.56 Å². The Morgan fingerprint density at radius 3 is 2.62 bits per heavy atom. The Kier molecular flexibility index (Phi) is 7.16. The van der Waals surface area contributed by atoms with Crippen molar-refractivity contribution in [3.05, 3.63) is 35.9 Å². The van der Waals surface area contributed by atoms with Crippen LogP contribution in [0.25, 0.3) is 0 Å². The second-order valence-electron chi connectivity index (χ2n) is 5.82. The van der Waals surface area contributed by atoms with E-state index in [0.29, 0.717) is 12.1 Å². The highest BCUT2D eigenvalue weighted by Crippen LogP contribution is 2.05. The Bertz CT molecular complexity index is 380. The van der Waals surface area contributed by atoms with Gasteiger partial charge in [0.25, 0.3) is 0 Å². The molecule has 1 heterocycles. The van der Waals surface area contributed by atoms with Crippen LogP contribution >= 0.6 is 0 Å². The van der Waals surface area contributed by atoms with Gasteiger partial charge in [-0.2, -0.15) is 0 Å². The number of hydrogen-bond donors (Lipinski definition) is 1.